The lowest BCUT2D eigenvalue weighted by Crippen LogP contribution is -2.30. The lowest BCUT2D eigenvalue weighted by atomic mass is 10.1. The molecule has 0 radical (unpaired) electrons. The monoisotopic (exact) mass is 435 g/mol. The third kappa shape index (κ3) is 3.94. The molecule has 7 heteroatoms. The van der Waals surface area contributed by atoms with Crippen LogP contribution in [0.15, 0.2) is 47.4 Å². The normalized spacial score (nSPS) is 20.2. The van der Waals surface area contributed by atoms with Crippen molar-refractivity contribution in [2.24, 2.45) is 11.8 Å². The molecule has 2 fully saturated rings. The van der Waals surface area contributed by atoms with Gasteiger partial charge in [0.05, 0.1) is 5.92 Å². The van der Waals surface area contributed by atoms with Gasteiger partial charge in [-0.1, -0.05) is 0 Å². The van der Waals surface area contributed by atoms with Crippen molar-refractivity contribution in [1.82, 2.24) is 0 Å². The molecule has 1 saturated heterocycles. The Balaban J connectivity index is 1.26. The Bertz CT molecular complexity index is 1050. The maximum atomic E-state index is 12.7. The predicted octanol–water partition coefficient (Wildman–Crippen LogP) is 3.70. The van der Waals surface area contributed by atoms with Crippen LogP contribution in [0.25, 0.3) is 0 Å². The summed E-state index contributed by atoms with van der Waals surface area (Å²) in [5, 5.41) is 2.93. The molecular formula is C24H25N3O3S. The van der Waals surface area contributed by atoms with Crippen molar-refractivity contribution in [3.8, 4) is 0 Å². The second kappa shape index (κ2) is 8.04. The van der Waals surface area contributed by atoms with E-state index in [-0.39, 0.29) is 36.0 Å². The van der Waals surface area contributed by atoms with E-state index in [0.717, 1.165) is 46.8 Å². The highest BCUT2D eigenvalue weighted by Crippen LogP contribution is 2.38. The Morgan fingerprint density at radius 1 is 1.06 bits per heavy atom. The number of amides is 3. The molecule has 1 aliphatic carbocycles. The molecular weight excluding hydrogens is 410 g/mol. The fourth-order valence-electron chi connectivity index (χ4n) is 4.39. The summed E-state index contributed by atoms with van der Waals surface area (Å²) >= 11 is 1.65. The Morgan fingerprint density at radius 3 is 2.55 bits per heavy atom. The highest BCUT2D eigenvalue weighted by Gasteiger charge is 2.38. The van der Waals surface area contributed by atoms with Gasteiger partial charge in [-0.2, -0.15) is 0 Å². The molecule has 3 amide bonds. The van der Waals surface area contributed by atoms with Gasteiger partial charge in [-0.3, -0.25) is 14.4 Å². The van der Waals surface area contributed by atoms with Crippen LogP contribution in [0.3, 0.4) is 0 Å². The van der Waals surface area contributed by atoms with E-state index in [1.165, 1.54) is 0 Å². The maximum absolute atomic E-state index is 12.7. The highest BCUT2D eigenvalue weighted by molar-refractivity contribution is 7.98. The number of fused-ring (bicyclic) bond motifs is 1. The van der Waals surface area contributed by atoms with Crippen LogP contribution in [-0.2, 0) is 20.8 Å². The zero-order valence-electron chi connectivity index (χ0n) is 17.5. The summed E-state index contributed by atoms with van der Waals surface area (Å²) in [4.78, 5) is 42.6. The number of nitrogens with one attached hydrogen (secondary N) is 1. The molecule has 0 spiro atoms. The van der Waals surface area contributed by atoms with Crippen LogP contribution in [0.2, 0.25) is 0 Å². The Morgan fingerprint density at radius 2 is 1.84 bits per heavy atom. The van der Waals surface area contributed by atoms with Crippen LogP contribution in [0, 0.1) is 11.8 Å². The van der Waals surface area contributed by atoms with Gasteiger partial charge >= 0.3 is 0 Å². The Labute approximate surface area is 186 Å². The fraction of sp³-hybridized carbons (Fsp3) is 0.375. The number of carbonyl (C=O) groups is 3. The van der Waals surface area contributed by atoms with Gasteiger partial charge in [-0.25, -0.2) is 0 Å². The third-order valence-corrected chi connectivity index (χ3v) is 7.06. The first-order valence-electron chi connectivity index (χ1n) is 10.7. The zero-order valence-corrected chi connectivity index (χ0v) is 18.3. The molecule has 2 aromatic rings. The average Bonchev–Trinajstić information content (AvgIpc) is 3.44. The van der Waals surface area contributed by atoms with Crippen LogP contribution in [-0.4, -0.2) is 37.1 Å². The van der Waals surface area contributed by atoms with Gasteiger partial charge in [-0.05, 0) is 73.5 Å². The molecule has 31 heavy (non-hydrogen) atoms. The van der Waals surface area contributed by atoms with Crippen molar-refractivity contribution in [3.05, 3.63) is 48.0 Å². The molecule has 2 aromatic carbocycles. The molecule has 5 rings (SSSR count). The second-order valence-corrected chi connectivity index (χ2v) is 9.33. The Hall–Kier alpha value is -2.80. The van der Waals surface area contributed by atoms with Crippen LogP contribution >= 0.6 is 11.8 Å². The van der Waals surface area contributed by atoms with E-state index in [4.69, 9.17) is 0 Å². The molecule has 1 unspecified atom stereocenters. The van der Waals surface area contributed by atoms with Crippen LogP contribution in [0.1, 0.15) is 24.8 Å². The zero-order chi connectivity index (χ0) is 21.5. The topological polar surface area (TPSA) is 69.7 Å². The number of rotatable bonds is 5. The van der Waals surface area contributed by atoms with Gasteiger partial charge in [0.15, 0.2) is 0 Å². The van der Waals surface area contributed by atoms with Gasteiger partial charge in [0.1, 0.15) is 0 Å². The SMILES string of the molecule is CSc1ccc(NC(=O)C2CC(=O)N(c3ccc4c(c3)CCN4C(=O)C3CC3)C2)cc1. The van der Waals surface area contributed by atoms with Crippen molar-refractivity contribution >= 4 is 46.5 Å². The number of carbonyl (C=O) groups excluding carboxylic acids is 3. The number of benzene rings is 2. The lowest BCUT2D eigenvalue weighted by Gasteiger charge is -2.20. The van der Waals surface area contributed by atoms with E-state index in [9.17, 15) is 14.4 Å². The summed E-state index contributed by atoms with van der Waals surface area (Å²) < 4.78 is 0. The second-order valence-electron chi connectivity index (χ2n) is 8.45. The van der Waals surface area contributed by atoms with Gasteiger partial charge in [0.25, 0.3) is 0 Å². The summed E-state index contributed by atoms with van der Waals surface area (Å²) in [7, 11) is 0. The first-order chi connectivity index (χ1) is 15.0. The number of thioether (sulfide) groups is 1. The van der Waals surface area contributed by atoms with Crippen LogP contribution < -0.4 is 15.1 Å². The van der Waals surface area contributed by atoms with Gasteiger partial charge in [0.2, 0.25) is 17.7 Å². The van der Waals surface area contributed by atoms with Gasteiger partial charge < -0.3 is 15.1 Å². The van der Waals surface area contributed by atoms with Crippen molar-refractivity contribution in [2.45, 2.75) is 30.6 Å². The molecule has 3 aliphatic rings. The first-order valence-corrected chi connectivity index (χ1v) is 12.0. The molecule has 0 bridgehead atoms. The number of hydrogen-bond donors (Lipinski definition) is 1. The first kappa shape index (κ1) is 20.1. The van der Waals surface area contributed by atoms with E-state index in [1.807, 2.05) is 53.6 Å². The summed E-state index contributed by atoms with van der Waals surface area (Å²) in [6.07, 6.45) is 5.01. The Kier molecular flexibility index (Phi) is 5.22. The van der Waals surface area contributed by atoms with Crippen LogP contribution in [0.4, 0.5) is 17.1 Å². The molecule has 1 atom stereocenters. The third-order valence-electron chi connectivity index (χ3n) is 6.32. The van der Waals surface area contributed by atoms with E-state index in [1.54, 1.807) is 16.7 Å². The molecule has 0 aromatic heterocycles. The molecule has 2 heterocycles. The van der Waals surface area contributed by atoms with Gasteiger partial charge in [0, 0.05) is 47.4 Å². The quantitative estimate of drug-likeness (QED) is 0.727. The molecule has 1 saturated carbocycles. The van der Waals surface area contributed by atoms with Crippen LogP contribution in [0.5, 0.6) is 0 Å². The summed E-state index contributed by atoms with van der Waals surface area (Å²) in [6.45, 7) is 1.08. The van der Waals surface area contributed by atoms with Gasteiger partial charge in [-0.15, -0.1) is 11.8 Å². The largest absolute Gasteiger partial charge is 0.326 e. The number of anilines is 3. The lowest BCUT2D eigenvalue weighted by molar-refractivity contribution is -0.122. The minimum Gasteiger partial charge on any atom is -0.326 e. The smallest absolute Gasteiger partial charge is 0.230 e. The molecule has 1 N–H and O–H groups in total. The average molecular weight is 436 g/mol. The van der Waals surface area contributed by atoms with E-state index in [2.05, 4.69) is 5.32 Å². The highest BCUT2D eigenvalue weighted by atomic mass is 32.2. The molecule has 6 nitrogen and oxygen atoms in total. The standard InChI is InChI=1S/C24H25N3O3S/c1-31-20-7-4-18(5-8-20)25-23(29)17-13-22(28)27(14-17)19-6-9-21-16(12-19)10-11-26(21)24(30)15-2-3-15/h4-9,12,15,17H,2-3,10-11,13-14H2,1H3,(H,25,29). The van der Waals surface area contributed by atoms with Crippen molar-refractivity contribution in [2.75, 3.05) is 34.5 Å². The fourth-order valence-corrected chi connectivity index (χ4v) is 4.80. The van der Waals surface area contributed by atoms with E-state index in [0.29, 0.717) is 13.1 Å². The van der Waals surface area contributed by atoms with Crippen molar-refractivity contribution in [1.29, 1.82) is 0 Å². The summed E-state index contributed by atoms with van der Waals surface area (Å²) in [5.74, 6) is -0.126. The van der Waals surface area contributed by atoms with E-state index < -0.39 is 0 Å². The van der Waals surface area contributed by atoms with Crippen molar-refractivity contribution in [3.63, 3.8) is 0 Å². The molecule has 160 valence electrons. The summed E-state index contributed by atoms with van der Waals surface area (Å²) in [6, 6.07) is 13.6. The minimum absolute atomic E-state index is 0.0401. The number of hydrogen-bond acceptors (Lipinski definition) is 4. The summed E-state index contributed by atoms with van der Waals surface area (Å²) in [5.41, 5.74) is 3.62. The minimum atomic E-state index is -0.381. The van der Waals surface area contributed by atoms with Crippen molar-refractivity contribution < 1.29 is 14.4 Å². The number of nitrogens with zero attached hydrogens (tertiary/aromatic N) is 2. The maximum Gasteiger partial charge on any atom is 0.230 e. The molecule has 2 aliphatic heterocycles. The predicted molar refractivity (Wildman–Crippen MR) is 123 cm³/mol. The van der Waals surface area contributed by atoms with E-state index >= 15 is 0 Å².